The predicted molar refractivity (Wildman–Crippen MR) is 22.5 cm³/mol. The van der Waals surface area contributed by atoms with Crippen LogP contribution in [0.1, 0.15) is 23.8 Å². The summed E-state index contributed by atoms with van der Waals surface area (Å²) in [6.45, 7) is 1.20. The molecule has 0 heterocycles. The Morgan fingerprint density at radius 2 is 2.67 bits per heavy atom. The number of hydrogen-bond donors (Lipinski definition) is 1. The minimum absolute atomic E-state index is 1.20. The first-order valence-electron chi connectivity index (χ1n) is 3.12. The number of carboxylic acid groups (broad SMARTS) is 1. The predicted octanol–water partition coefficient (Wildman–Crippen LogP) is 0.871. The summed E-state index contributed by atoms with van der Waals surface area (Å²) >= 11 is 0. The summed E-state index contributed by atoms with van der Waals surface area (Å²) in [5.74, 6) is -1.58. The third-order valence-corrected chi connectivity index (χ3v) is 0.268. The van der Waals surface area contributed by atoms with Gasteiger partial charge in [0.25, 0.3) is 0 Å². The van der Waals surface area contributed by atoms with Crippen molar-refractivity contribution in [2.75, 3.05) is 0 Å². The van der Waals surface area contributed by atoms with E-state index in [4.69, 9.17) is 9.22 Å². The summed E-state index contributed by atoms with van der Waals surface area (Å²) in [5.41, 5.74) is 0. The van der Waals surface area contributed by atoms with Crippen LogP contribution in [0.5, 0.6) is 0 Å². The summed E-state index contributed by atoms with van der Waals surface area (Å²) in [7, 11) is 0. The Labute approximate surface area is 41.0 Å². The van der Waals surface area contributed by atoms with E-state index in [-0.39, 0.29) is 0 Å². The van der Waals surface area contributed by atoms with E-state index in [1.165, 1.54) is 6.92 Å². The molecule has 0 radical (unpaired) electrons. The summed E-state index contributed by atoms with van der Waals surface area (Å²) < 4.78 is 20.2. The third kappa shape index (κ3) is 3.47. The van der Waals surface area contributed by atoms with Gasteiger partial charge in [-0.05, 0) is 6.40 Å². The smallest absolute Gasteiger partial charge is 0.303 e. The molecule has 1 N–H and O–H groups in total. The maximum absolute atomic E-state index is 9.97. The quantitative estimate of drug-likeness (QED) is 0.547. The fourth-order valence-electron chi connectivity index (χ4n) is 0.123. The van der Waals surface area contributed by atoms with E-state index in [9.17, 15) is 4.79 Å². The Kier molecular flexibility index (Phi) is 0.879. The molecule has 36 valence electrons. The lowest BCUT2D eigenvalue weighted by molar-refractivity contribution is -0.137. The Morgan fingerprint density at radius 3 is 2.67 bits per heavy atom. The van der Waals surface area contributed by atoms with Crippen molar-refractivity contribution in [2.24, 2.45) is 0 Å². The second kappa shape index (κ2) is 2.69. The maximum Gasteiger partial charge on any atom is 0.303 e. The van der Waals surface area contributed by atoms with Crippen LogP contribution >= 0.6 is 0 Å². The fraction of sp³-hybridized carbons (Fsp3) is 0.750. The first kappa shape index (κ1) is 1.96. The van der Waals surface area contributed by atoms with Crippen molar-refractivity contribution in [2.45, 2.75) is 19.7 Å². The molecule has 0 aliphatic carbocycles. The molecular weight excluding hydrogens is 80.0 g/mol. The lowest BCUT2D eigenvalue weighted by Gasteiger charge is -1.79. The third-order valence-electron chi connectivity index (χ3n) is 0.268. The van der Waals surface area contributed by atoms with Crippen molar-refractivity contribution in [3.63, 3.8) is 0 Å². The van der Waals surface area contributed by atoms with E-state index < -0.39 is 18.7 Å². The van der Waals surface area contributed by atoms with Crippen LogP contribution in [0.25, 0.3) is 0 Å². The molecule has 0 aromatic heterocycles. The molecule has 0 rings (SSSR count). The number of carboxylic acids is 1. The normalized spacial score (nSPS) is 23.2. The van der Waals surface area contributed by atoms with Gasteiger partial charge in [0, 0.05) is 10.5 Å². The Bertz CT molecular complexity index is 121. The van der Waals surface area contributed by atoms with Crippen molar-refractivity contribution in [1.29, 1.82) is 0 Å². The lowest BCUT2D eigenvalue weighted by atomic mass is 10.4. The zero-order valence-corrected chi connectivity index (χ0v) is 3.43. The van der Waals surface area contributed by atoms with Crippen LogP contribution in [0, 0.1) is 0 Å². The van der Waals surface area contributed by atoms with Crippen LogP contribution in [-0.2, 0) is 4.79 Å². The number of aliphatic carboxylic acids is 1. The molecule has 2 nitrogen and oxygen atoms in total. The summed E-state index contributed by atoms with van der Waals surface area (Å²) in [6, 6.07) is 0. The molecule has 0 fully saturated rings. The highest BCUT2D eigenvalue weighted by atomic mass is 16.4. The molecule has 0 bridgehead atoms. The van der Waals surface area contributed by atoms with Crippen LogP contribution in [0.3, 0.4) is 0 Å². The van der Waals surface area contributed by atoms with Crippen molar-refractivity contribution in [1.82, 2.24) is 0 Å². The van der Waals surface area contributed by atoms with E-state index in [0.717, 1.165) is 0 Å². The fourth-order valence-corrected chi connectivity index (χ4v) is 0.123. The van der Waals surface area contributed by atoms with Crippen molar-refractivity contribution in [3.05, 3.63) is 0 Å². The molecule has 6 heavy (non-hydrogen) atoms. The summed E-state index contributed by atoms with van der Waals surface area (Å²) in [5, 5.41) is 8.12. The highest BCUT2D eigenvalue weighted by molar-refractivity contribution is 5.66. The molecule has 0 saturated heterocycles. The van der Waals surface area contributed by atoms with Gasteiger partial charge < -0.3 is 5.11 Å². The monoisotopic (exact) mass is 91.1 g/mol. The highest BCUT2D eigenvalue weighted by Crippen LogP contribution is 1.82. The van der Waals surface area contributed by atoms with Gasteiger partial charge in [0.2, 0.25) is 0 Å². The van der Waals surface area contributed by atoms with Crippen molar-refractivity contribution in [3.8, 4) is 0 Å². The average Bonchev–Trinajstić information content (AvgIpc) is 1.65. The van der Waals surface area contributed by atoms with E-state index in [2.05, 4.69) is 0 Å². The maximum atomic E-state index is 9.97. The standard InChI is InChI=1S/C4H8O2/c1-2-3-4(5)6/h2-3H2,1H3,(H,5,6)/i2D,3D2. The van der Waals surface area contributed by atoms with Gasteiger partial charge in [0.15, 0.2) is 0 Å². The van der Waals surface area contributed by atoms with Crippen LogP contribution in [0.2, 0.25) is 0 Å². The number of hydrogen-bond acceptors (Lipinski definition) is 1. The average molecular weight is 91.1 g/mol. The van der Waals surface area contributed by atoms with Crippen LogP contribution in [-0.4, -0.2) is 11.1 Å². The molecule has 2 heteroatoms. The van der Waals surface area contributed by atoms with Gasteiger partial charge in [-0.2, -0.15) is 0 Å². The molecule has 0 saturated carbocycles. The zero-order valence-electron chi connectivity index (χ0n) is 6.43. The number of carbonyl (C=O) groups is 1. The van der Waals surface area contributed by atoms with Gasteiger partial charge in [-0.25, -0.2) is 0 Å². The van der Waals surface area contributed by atoms with Gasteiger partial charge in [-0.15, -0.1) is 0 Å². The second-order valence-corrected chi connectivity index (χ2v) is 0.738. The second-order valence-electron chi connectivity index (χ2n) is 0.738. The van der Waals surface area contributed by atoms with Gasteiger partial charge in [-0.1, -0.05) is 6.92 Å². The van der Waals surface area contributed by atoms with E-state index >= 15 is 0 Å². The summed E-state index contributed by atoms with van der Waals surface area (Å²) in [4.78, 5) is 9.97. The summed E-state index contributed by atoms with van der Waals surface area (Å²) in [6.07, 6.45) is -3.64. The molecular formula is C4H8O2. The van der Waals surface area contributed by atoms with E-state index in [1.807, 2.05) is 0 Å². The van der Waals surface area contributed by atoms with Crippen LogP contribution in [0.15, 0.2) is 0 Å². The molecule has 0 aromatic rings. The largest absolute Gasteiger partial charge is 0.481 e. The minimum Gasteiger partial charge on any atom is -0.481 e. The highest BCUT2D eigenvalue weighted by Gasteiger charge is 1.87. The van der Waals surface area contributed by atoms with E-state index in [0.29, 0.717) is 0 Å². The Balaban J connectivity index is 4.19. The number of rotatable bonds is 2. The molecule has 0 aromatic carbocycles. The first-order chi connectivity index (χ1) is 3.89. The van der Waals surface area contributed by atoms with Crippen molar-refractivity contribution >= 4 is 5.97 Å². The SMILES string of the molecule is [2H]C(C)C([2H])([2H])C(=O)O. The van der Waals surface area contributed by atoms with Crippen LogP contribution in [0.4, 0.5) is 0 Å². The molecule has 1 unspecified atom stereocenters. The van der Waals surface area contributed by atoms with Gasteiger partial charge in [0.1, 0.15) is 0 Å². The van der Waals surface area contributed by atoms with Crippen LogP contribution < -0.4 is 0 Å². The van der Waals surface area contributed by atoms with Gasteiger partial charge in [0.05, 0.1) is 0 Å². The molecule has 0 aliphatic rings. The zero-order chi connectivity index (χ0) is 7.65. The molecule has 0 spiro atoms. The Hall–Kier alpha value is -0.530. The Morgan fingerprint density at radius 1 is 2.17 bits per heavy atom. The van der Waals surface area contributed by atoms with Gasteiger partial charge >= 0.3 is 5.97 Å². The molecule has 0 amide bonds. The van der Waals surface area contributed by atoms with Gasteiger partial charge in [-0.3, -0.25) is 4.79 Å². The van der Waals surface area contributed by atoms with Crippen molar-refractivity contribution < 1.29 is 14.0 Å². The minimum atomic E-state index is -2.42. The topological polar surface area (TPSA) is 37.3 Å². The first-order valence-corrected chi connectivity index (χ1v) is 1.54. The lowest BCUT2D eigenvalue weighted by Crippen LogP contribution is -1.90. The van der Waals surface area contributed by atoms with E-state index in [1.54, 1.807) is 0 Å². The molecule has 1 atom stereocenters. The molecule has 0 aliphatic heterocycles.